The highest BCUT2D eigenvalue weighted by atomic mass is 16.2. The van der Waals surface area contributed by atoms with Crippen molar-refractivity contribution in [1.82, 2.24) is 14.8 Å². The monoisotopic (exact) mass is 322 g/mol. The average Bonchev–Trinajstić information content (AvgIpc) is 2.63. The van der Waals surface area contributed by atoms with Crippen LogP contribution in [0.1, 0.15) is 15.9 Å². The van der Waals surface area contributed by atoms with Crippen LogP contribution in [0.3, 0.4) is 0 Å². The Balaban J connectivity index is 1.49. The lowest BCUT2D eigenvalue weighted by molar-refractivity contribution is 0.0650. The van der Waals surface area contributed by atoms with E-state index >= 15 is 0 Å². The minimum absolute atomic E-state index is 0.0311. The average molecular weight is 322 g/mol. The number of pyridine rings is 1. The fourth-order valence-electron chi connectivity index (χ4n) is 2.80. The molecule has 5 nitrogen and oxygen atoms in total. The van der Waals surface area contributed by atoms with E-state index in [9.17, 15) is 4.79 Å². The minimum atomic E-state index is 0.0311. The normalized spacial score (nSPS) is 15.8. The quantitative estimate of drug-likeness (QED) is 0.937. The third-order valence-electron chi connectivity index (χ3n) is 4.16. The van der Waals surface area contributed by atoms with Crippen molar-refractivity contribution in [2.24, 2.45) is 0 Å². The first kappa shape index (κ1) is 16.2. The number of anilines is 1. The summed E-state index contributed by atoms with van der Waals surface area (Å²) in [5, 5.41) is 0. The molecule has 0 bridgehead atoms. The van der Waals surface area contributed by atoms with E-state index in [4.69, 9.17) is 5.73 Å². The molecule has 5 heteroatoms. The van der Waals surface area contributed by atoms with Gasteiger partial charge in [0.25, 0.3) is 5.91 Å². The predicted molar refractivity (Wildman–Crippen MR) is 96.5 cm³/mol. The van der Waals surface area contributed by atoms with Gasteiger partial charge in [0.05, 0.1) is 0 Å². The van der Waals surface area contributed by atoms with Crippen molar-refractivity contribution in [3.05, 3.63) is 65.9 Å². The number of hydrogen-bond acceptors (Lipinski definition) is 4. The zero-order valence-electron chi connectivity index (χ0n) is 13.6. The summed E-state index contributed by atoms with van der Waals surface area (Å²) in [6.07, 6.45) is 5.89. The number of nitrogens with zero attached hydrogens (tertiary/aromatic N) is 3. The molecule has 1 aromatic carbocycles. The Hall–Kier alpha value is -2.66. The molecule has 2 N–H and O–H groups in total. The molecular formula is C19H22N4O. The van der Waals surface area contributed by atoms with Gasteiger partial charge in [0.1, 0.15) is 5.82 Å². The number of benzene rings is 1. The molecule has 0 saturated carbocycles. The van der Waals surface area contributed by atoms with Crippen LogP contribution in [-0.2, 0) is 0 Å². The summed E-state index contributed by atoms with van der Waals surface area (Å²) >= 11 is 0. The molecule has 3 rings (SSSR count). The zero-order valence-corrected chi connectivity index (χ0v) is 13.6. The molecule has 1 aliphatic rings. The Morgan fingerprint density at radius 2 is 1.88 bits per heavy atom. The van der Waals surface area contributed by atoms with Crippen LogP contribution in [-0.4, -0.2) is 53.4 Å². The maximum atomic E-state index is 12.5. The van der Waals surface area contributed by atoms with Crippen molar-refractivity contribution in [3.8, 4) is 0 Å². The third kappa shape index (κ3) is 4.20. The van der Waals surface area contributed by atoms with Gasteiger partial charge in [-0.1, -0.05) is 42.5 Å². The van der Waals surface area contributed by atoms with Crippen molar-refractivity contribution in [3.63, 3.8) is 0 Å². The van der Waals surface area contributed by atoms with Crippen LogP contribution in [0.2, 0.25) is 0 Å². The Bertz CT molecular complexity index is 706. The molecule has 1 aromatic heterocycles. The van der Waals surface area contributed by atoms with Gasteiger partial charge in [0.15, 0.2) is 0 Å². The summed E-state index contributed by atoms with van der Waals surface area (Å²) in [7, 11) is 0. The van der Waals surface area contributed by atoms with Crippen molar-refractivity contribution in [2.45, 2.75) is 0 Å². The number of piperazine rings is 1. The molecule has 0 spiro atoms. The highest BCUT2D eigenvalue weighted by Gasteiger charge is 2.21. The lowest BCUT2D eigenvalue weighted by Crippen LogP contribution is -2.48. The summed E-state index contributed by atoms with van der Waals surface area (Å²) in [6, 6.07) is 13.6. The Morgan fingerprint density at radius 3 is 2.58 bits per heavy atom. The molecule has 0 unspecified atom stereocenters. The van der Waals surface area contributed by atoms with Gasteiger partial charge in [-0.3, -0.25) is 9.69 Å². The fraction of sp³-hybridized carbons (Fsp3) is 0.263. The number of amides is 1. The van der Waals surface area contributed by atoms with E-state index in [1.54, 1.807) is 18.3 Å². The second-order valence-electron chi connectivity index (χ2n) is 5.88. The summed E-state index contributed by atoms with van der Waals surface area (Å²) in [5.41, 5.74) is 7.47. The first-order valence-corrected chi connectivity index (χ1v) is 8.17. The summed E-state index contributed by atoms with van der Waals surface area (Å²) in [6.45, 7) is 4.14. The molecule has 0 radical (unpaired) electrons. The van der Waals surface area contributed by atoms with E-state index in [1.165, 1.54) is 5.56 Å². The molecule has 2 aromatic rings. The van der Waals surface area contributed by atoms with Gasteiger partial charge in [0.2, 0.25) is 0 Å². The van der Waals surface area contributed by atoms with Gasteiger partial charge in [-0.2, -0.15) is 0 Å². The molecule has 24 heavy (non-hydrogen) atoms. The molecular weight excluding hydrogens is 300 g/mol. The van der Waals surface area contributed by atoms with E-state index in [2.05, 4.69) is 34.2 Å². The van der Waals surface area contributed by atoms with Gasteiger partial charge < -0.3 is 10.6 Å². The van der Waals surface area contributed by atoms with Crippen LogP contribution < -0.4 is 5.73 Å². The first-order chi connectivity index (χ1) is 11.7. The predicted octanol–water partition coefficient (Wildman–Crippen LogP) is 2.13. The van der Waals surface area contributed by atoms with Crippen LogP contribution in [0.5, 0.6) is 0 Å². The van der Waals surface area contributed by atoms with Crippen molar-refractivity contribution in [2.75, 3.05) is 38.5 Å². The van der Waals surface area contributed by atoms with Gasteiger partial charge in [0, 0.05) is 44.5 Å². The van der Waals surface area contributed by atoms with Gasteiger partial charge in [-0.05, 0) is 17.7 Å². The number of carbonyl (C=O) groups excluding carboxylic acids is 1. The van der Waals surface area contributed by atoms with E-state index < -0.39 is 0 Å². The van der Waals surface area contributed by atoms with Crippen LogP contribution in [0, 0.1) is 0 Å². The van der Waals surface area contributed by atoms with Crippen LogP contribution in [0.25, 0.3) is 6.08 Å². The van der Waals surface area contributed by atoms with Crippen LogP contribution in [0.15, 0.2) is 54.7 Å². The SMILES string of the molecule is Nc1cc(C(=O)N2CCN(C/C=C/c3ccccc3)CC2)ccn1. The number of aromatic nitrogens is 1. The first-order valence-electron chi connectivity index (χ1n) is 8.17. The molecule has 0 atom stereocenters. The number of nitrogen functional groups attached to an aromatic ring is 1. The molecule has 124 valence electrons. The highest BCUT2D eigenvalue weighted by Crippen LogP contribution is 2.10. The number of carbonyl (C=O) groups is 1. The van der Waals surface area contributed by atoms with E-state index in [0.717, 1.165) is 32.7 Å². The molecule has 2 heterocycles. The molecule has 1 amide bonds. The van der Waals surface area contributed by atoms with Crippen LogP contribution >= 0.6 is 0 Å². The lowest BCUT2D eigenvalue weighted by atomic mass is 10.2. The minimum Gasteiger partial charge on any atom is -0.384 e. The maximum Gasteiger partial charge on any atom is 0.254 e. The van der Waals surface area contributed by atoms with Gasteiger partial charge in [-0.15, -0.1) is 0 Å². The second kappa shape index (κ2) is 7.75. The third-order valence-corrected chi connectivity index (χ3v) is 4.16. The highest BCUT2D eigenvalue weighted by molar-refractivity contribution is 5.94. The zero-order chi connectivity index (χ0) is 16.8. The number of rotatable bonds is 4. The van der Waals surface area contributed by atoms with Gasteiger partial charge in [-0.25, -0.2) is 4.98 Å². The number of nitrogens with two attached hydrogens (primary N) is 1. The van der Waals surface area contributed by atoms with Crippen molar-refractivity contribution >= 4 is 17.8 Å². The van der Waals surface area contributed by atoms with E-state index in [1.807, 2.05) is 23.1 Å². The lowest BCUT2D eigenvalue weighted by Gasteiger charge is -2.34. The Morgan fingerprint density at radius 1 is 1.12 bits per heavy atom. The van der Waals surface area contributed by atoms with E-state index in [-0.39, 0.29) is 5.91 Å². The molecule has 1 fully saturated rings. The topological polar surface area (TPSA) is 62.5 Å². The summed E-state index contributed by atoms with van der Waals surface area (Å²) < 4.78 is 0. The Labute approximate surface area is 142 Å². The van der Waals surface area contributed by atoms with Crippen LogP contribution in [0.4, 0.5) is 5.82 Å². The van der Waals surface area contributed by atoms with E-state index in [0.29, 0.717) is 11.4 Å². The maximum absolute atomic E-state index is 12.5. The summed E-state index contributed by atoms with van der Waals surface area (Å²) in [5.74, 6) is 0.411. The molecule has 0 aliphatic carbocycles. The fourth-order valence-corrected chi connectivity index (χ4v) is 2.80. The number of hydrogen-bond donors (Lipinski definition) is 1. The van der Waals surface area contributed by atoms with Crippen molar-refractivity contribution < 1.29 is 4.79 Å². The standard InChI is InChI=1S/C19H22N4O/c20-18-15-17(8-9-21-18)19(24)23-13-11-22(12-14-23)10-4-7-16-5-2-1-3-6-16/h1-9,15H,10-14H2,(H2,20,21)/b7-4+. The van der Waals surface area contributed by atoms with Gasteiger partial charge >= 0.3 is 0 Å². The largest absolute Gasteiger partial charge is 0.384 e. The van der Waals surface area contributed by atoms with Crippen molar-refractivity contribution in [1.29, 1.82) is 0 Å². The molecule has 1 aliphatic heterocycles. The second-order valence-corrected chi connectivity index (χ2v) is 5.88. The molecule has 1 saturated heterocycles. The summed E-state index contributed by atoms with van der Waals surface area (Å²) in [4.78, 5) is 20.6. The smallest absolute Gasteiger partial charge is 0.254 e. The Kier molecular flexibility index (Phi) is 5.23.